The first kappa shape index (κ1) is 14.4. The number of aryl methyl sites for hydroxylation is 2. The van der Waals surface area contributed by atoms with Crippen LogP contribution in [0.4, 0.5) is 5.69 Å². The van der Waals surface area contributed by atoms with Crippen molar-refractivity contribution in [2.45, 2.75) is 26.8 Å². The number of benzene rings is 2. The van der Waals surface area contributed by atoms with Crippen molar-refractivity contribution in [3.05, 3.63) is 75.6 Å². The molecule has 0 radical (unpaired) electrons. The first-order chi connectivity index (χ1) is 10.7. The second-order valence-electron chi connectivity index (χ2n) is 5.50. The molecule has 0 bridgehead atoms. The smallest absolute Gasteiger partial charge is 0.336 e. The van der Waals surface area contributed by atoms with Crippen molar-refractivity contribution in [2.24, 2.45) is 0 Å². The fourth-order valence-corrected chi connectivity index (χ4v) is 2.59. The summed E-state index contributed by atoms with van der Waals surface area (Å²) < 4.78 is 5.33. The molecule has 0 amide bonds. The van der Waals surface area contributed by atoms with E-state index in [4.69, 9.17) is 4.42 Å². The molecule has 1 aromatic heterocycles. The molecule has 3 rings (SSSR count). The zero-order valence-electron chi connectivity index (χ0n) is 12.8. The third kappa shape index (κ3) is 3.03. The van der Waals surface area contributed by atoms with Crippen molar-refractivity contribution in [3.63, 3.8) is 0 Å². The summed E-state index contributed by atoms with van der Waals surface area (Å²) in [6.45, 7) is 4.74. The van der Waals surface area contributed by atoms with Crippen LogP contribution in [0.5, 0.6) is 0 Å². The van der Waals surface area contributed by atoms with Crippen LogP contribution in [0.3, 0.4) is 0 Å². The number of hydrogen-bond acceptors (Lipinski definition) is 3. The molecule has 22 heavy (non-hydrogen) atoms. The molecule has 1 N–H and O–H groups in total. The minimum Gasteiger partial charge on any atom is -0.423 e. The molecule has 0 aliphatic heterocycles. The molecule has 0 aliphatic rings. The van der Waals surface area contributed by atoms with Gasteiger partial charge in [-0.05, 0) is 48.2 Å². The molecule has 112 valence electrons. The Morgan fingerprint density at radius 1 is 1.09 bits per heavy atom. The van der Waals surface area contributed by atoms with Gasteiger partial charge in [0.15, 0.2) is 0 Å². The Kier molecular flexibility index (Phi) is 3.96. The molecule has 3 heteroatoms. The van der Waals surface area contributed by atoms with E-state index in [1.807, 2.05) is 24.3 Å². The van der Waals surface area contributed by atoms with Gasteiger partial charge in [0, 0.05) is 23.7 Å². The molecule has 3 nitrogen and oxygen atoms in total. The van der Waals surface area contributed by atoms with E-state index in [1.54, 1.807) is 6.07 Å². The molecule has 0 spiro atoms. The molecule has 2 aromatic carbocycles. The van der Waals surface area contributed by atoms with Crippen LogP contribution in [-0.4, -0.2) is 0 Å². The summed E-state index contributed by atoms with van der Waals surface area (Å²) >= 11 is 0. The van der Waals surface area contributed by atoms with E-state index in [2.05, 4.69) is 37.4 Å². The van der Waals surface area contributed by atoms with Gasteiger partial charge in [0.1, 0.15) is 5.58 Å². The van der Waals surface area contributed by atoms with Gasteiger partial charge in [0.25, 0.3) is 0 Å². The number of rotatable bonds is 4. The van der Waals surface area contributed by atoms with Gasteiger partial charge < -0.3 is 9.73 Å². The average Bonchev–Trinajstić information content (AvgIpc) is 2.52. The normalized spacial score (nSPS) is 10.8. The predicted molar refractivity (Wildman–Crippen MR) is 90.4 cm³/mol. The van der Waals surface area contributed by atoms with E-state index >= 15 is 0 Å². The average molecular weight is 293 g/mol. The highest BCUT2D eigenvalue weighted by Gasteiger charge is 2.06. The largest absolute Gasteiger partial charge is 0.423 e. The highest BCUT2D eigenvalue weighted by molar-refractivity contribution is 5.81. The third-order valence-corrected chi connectivity index (χ3v) is 3.80. The molecule has 0 saturated carbocycles. The van der Waals surface area contributed by atoms with E-state index in [-0.39, 0.29) is 5.63 Å². The molecule has 0 saturated heterocycles. The SMILES string of the molecule is CCc1ccc2c(CNc3cccc(C)c3)cc(=O)oc2c1. The predicted octanol–water partition coefficient (Wildman–Crippen LogP) is 4.28. The summed E-state index contributed by atoms with van der Waals surface area (Å²) in [7, 11) is 0. The van der Waals surface area contributed by atoms with Crippen molar-refractivity contribution < 1.29 is 4.42 Å². The summed E-state index contributed by atoms with van der Waals surface area (Å²) in [6, 6.07) is 15.8. The van der Waals surface area contributed by atoms with Gasteiger partial charge in [0.05, 0.1) is 0 Å². The van der Waals surface area contributed by atoms with Crippen molar-refractivity contribution in [1.29, 1.82) is 0 Å². The number of anilines is 1. The van der Waals surface area contributed by atoms with Gasteiger partial charge >= 0.3 is 5.63 Å². The Hall–Kier alpha value is -2.55. The quantitative estimate of drug-likeness (QED) is 0.730. The minimum absolute atomic E-state index is 0.304. The lowest BCUT2D eigenvalue weighted by Crippen LogP contribution is -2.06. The van der Waals surface area contributed by atoms with Crippen LogP contribution in [0.15, 0.2) is 57.7 Å². The molecule has 0 aliphatic carbocycles. The number of hydrogen-bond donors (Lipinski definition) is 1. The van der Waals surface area contributed by atoms with Gasteiger partial charge in [0.2, 0.25) is 0 Å². The minimum atomic E-state index is -0.304. The topological polar surface area (TPSA) is 42.2 Å². The Morgan fingerprint density at radius 3 is 2.73 bits per heavy atom. The van der Waals surface area contributed by atoms with Crippen molar-refractivity contribution in [2.75, 3.05) is 5.32 Å². The van der Waals surface area contributed by atoms with Crippen LogP contribution in [0.25, 0.3) is 11.0 Å². The summed E-state index contributed by atoms with van der Waals surface area (Å²) in [4.78, 5) is 11.8. The maximum absolute atomic E-state index is 11.8. The maximum Gasteiger partial charge on any atom is 0.336 e. The zero-order valence-corrected chi connectivity index (χ0v) is 12.8. The molecule has 3 aromatic rings. The first-order valence-electron chi connectivity index (χ1n) is 7.52. The Morgan fingerprint density at radius 2 is 1.95 bits per heavy atom. The van der Waals surface area contributed by atoms with E-state index in [0.29, 0.717) is 12.1 Å². The van der Waals surface area contributed by atoms with Gasteiger partial charge in [-0.15, -0.1) is 0 Å². The van der Waals surface area contributed by atoms with Crippen molar-refractivity contribution >= 4 is 16.7 Å². The van der Waals surface area contributed by atoms with Crippen molar-refractivity contribution in [1.82, 2.24) is 0 Å². The van der Waals surface area contributed by atoms with Gasteiger partial charge in [-0.2, -0.15) is 0 Å². The van der Waals surface area contributed by atoms with E-state index in [9.17, 15) is 4.79 Å². The highest BCUT2D eigenvalue weighted by atomic mass is 16.4. The molecule has 0 fully saturated rings. The first-order valence-corrected chi connectivity index (χ1v) is 7.52. The lowest BCUT2D eigenvalue weighted by atomic mass is 10.1. The van der Waals surface area contributed by atoms with E-state index < -0.39 is 0 Å². The van der Waals surface area contributed by atoms with Crippen LogP contribution in [0.1, 0.15) is 23.6 Å². The highest BCUT2D eigenvalue weighted by Crippen LogP contribution is 2.20. The van der Waals surface area contributed by atoms with Gasteiger partial charge in [-0.3, -0.25) is 0 Å². The molecule has 0 unspecified atom stereocenters. The Bertz CT molecular complexity index is 865. The summed E-state index contributed by atoms with van der Waals surface area (Å²) in [6.07, 6.45) is 0.922. The summed E-state index contributed by atoms with van der Waals surface area (Å²) in [5.74, 6) is 0. The van der Waals surface area contributed by atoms with Crippen LogP contribution >= 0.6 is 0 Å². The lowest BCUT2D eigenvalue weighted by molar-refractivity contribution is 0.559. The second kappa shape index (κ2) is 6.06. The monoisotopic (exact) mass is 293 g/mol. The Balaban J connectivity index is 1.94. The summed E-state index contributed by atoms with van der Waals surface area (Å²) in [5.41, 5.74) is 4.73. The van der Waals surface area contributed by atoms with Crippen LogP contribution in [0.2, 0.25) is 0 Å². The lowest BCUT2D eigenvalue weighted by Gasteiger charge is -2.10. The fraction of sp³-hybridized carbons (Fsp3) is 0.211. The molecular weight excluding hydrogens is 274 g/mol. The van der Waals surface area contributed by atoms with Crippen LogP contribution in [-0.2, 0) is 13.0 Å². The standard InChI is InChI=1S/C19H19NO2/c1-3-14-7-8-17-15(11-19(21)22-18(17)10-14)12-20-16-6-4-5-13(2)9-16/h4-11,20H,3,12H2,1-2H3. The molecular formula is C19H19NO2. The van der Waals surface area contributed by atoms with E-state index in [0.717, 1.165) is 23.1 Å². The molecule has 0 atom stereocenters. The summed E-state index contributed by atoms with van der Waals surface area (Å²) in [5, 5.41) is 4.35. The van der Waals surface area contributed by atoms with Crippen molar-refractivity contribution in [3.8, 4) is 0 Å². The van der Waals surface area contributed by atoms with Crippen LogP contribution < -0.4 is 10.9 Å². The third-order valence-electron chi connectivity index (χ3n) is 3.80. The second-order valence-corrected chi connectivity index (χ2v) is 5.50. The fourth-order valence-electron chi connectivity index (χ4n) is 2.59. The number of nitrogens with one attached hydrogen (secondary N) is 1. The number of fused-ring (bicyclic) bond motifs is 1. The van der Waals surface area contributed by atoms with E-state index in [1.165, 1.54) is 11.1 Å². The van der Waals surface area contributed by atoms with Gasteiger partial charge in [-0.1, -0.05) is 31.2 Å². The molecule has 1 heterocycles. The van der Waals surface area contributed by atoms with Gasteiger partial charge in [-0.25, -0.2) is 4.79 Å². The van der Waals surface area contributed by atoms with Crippen LogP contribution in [0, 0.1) is 6.92 Å². The maximum atomic E-state index is 11.8. The Labute approximate surface area is 129 Å². The zero-order chi connectivity index (χ0) is 15.5.